The van der Waals surface area contributed by atoms with Crippen molar-refractivity contribution in [3.63, 3.8) is 0 Å². The smallest absolute Gasteiger partial charge is 0.264 e. The normalized spacial score (nSPS) is 11.3. The molecule has 5 nitrogen and oxygen atoms in total. The lowest BCUT2D eigenvalue weighted by Gasteiger charge is -2.26. The van der Waals surface area contributed by atoms with Crippen LogP contribution >= 0.6 is 23.4 Å². The predicted molar refractivity (Wildman–Crippen MR) is 142 cm³/mol. The van der Waals surface area contributed by atoms with E-state index in [1.807, 2.05) is 26.0 Å². The van der Waals surface area contributed by atoms with Crippen molar-refractivity contribution in [2.24, 2.45) is 0 Å². The molecule has 186 valence electrons. The summed E-state index contributed by atoms with van der Waals surface area (Å²) in [6.45, 7) is 3.78. The van der Waals surface area contributed by atoms with E-state index >= 15 is 0 Å². The molecule has 0 spiro atoms. The second kappa shape index (κ2) is 12.4. The first-order chi connectivity index (χ1) is 16.7. The Morgan fingerprint density at radius 2 is 1.77 bits per heavy atom. The molecular formula is C26H28ClFN2O3S2. The summed E-state index contributed by atoms with van der Waals surface area (Å²) in [5.74, 6) is 0.114. The second-order valence-electron chi connectivity index (χ2n) is 7.91. The van der Waals surface area contributed by atoms with Gasteiger partial charge in [-0.05, 0) is 49.2 Å². The standard InChI is InChI=1S/C26H28ClFN2O3S2/c1-3-20-7-4-5-10-25(20)30(35(32,33)21-13-11-19(2)12-14-21)17-26(31)29-15-16-34-18-22-23(27)8-6-9-24(22)28/h4-14H,3,15-18H2,1-2H3,(H,29,31). The van der Waals surface area contributed by atoms with Crippen molar-refractivity contribution in [1.82, 2.24) is 5.32 Å². The van der Waals surface area contributed by atoms with Crippen LogP contribution in [-0.4, -0.2) is 33.2 Å². The number of nitrogens with one attached hydrogen (secondary N) is 1. The summed E-state index contributed by atoms with van der Waals surface area (Å²) in [4.78, 5) is 12.9. The van der Waals surface area contributed by atoms with Crippen molar-refractivity contribution in [3.05, 3.63) is 94.3 Å². The first-order valence-electron chi connectivity index (χ1n) is 11.2. The second-order valence-corrected chi connectivity index (χ2v) is 11.3. The van der Waals surface area contributed by atoms with Crippen LogP contribution in [0.25, 0.3) is 0 Å². The largest absolute Gasteiger partial charge is 0.354 e. The fourth-order valence-corrected chi connectivity index (χ4v) is 6.14. The van der Waals surface area contributed by atoms with Gasteiger partial charge >= 0.3 is 0 Å². The van der Waals surface area contributed by atoms with Crippen molar-refractivity contribution in [1.29, 1.82) is 0 Å². The SMILES string of the molecule is CCc1ccccc1N(CC(=O)NCCSCc1c(F)cccc1Cl)S(=O)(=O)c1ccc(C)cc1. The fraction of sp³-hybridized carbons (Fsp3) is 0.269. The number of para-hydroxylation sites is 1. The Morgan fingerprint density at radius 3 is 2.46 bits per heavy atom. The van der Waals surface area contributed by atoms with Gasteiger partial charge in [0.15, 0.2) is 0 Å². The van der Waals surface area contributed by atoms with Gasteiger partial charge in [-0.15, -0.1) is 0 Å². The van der Waals surface area contributed by atoms with E-state index in [0.717, 1.165) is 15.4 Å². The topological polar surface area (TPSA) is 66.5 Å². The van der Waals surface area contributed by atoms with Gasteiger partial charge in [-0.3, -0.25) is 9.10 Å². The van der Waals surface area contributed by atoms with Crippen molar-refractivity contribution < 1.29 is 17.6 Å². The number of hydrogen-bond donors (Lipinski definition) is 1. The maximum atomic E-state index is 13.9. The van der Waals surface area contributed by atoms with Gasteiger partial charge in [-0.2, -0.15) is 11.8 Å². The Morgan fingerprint density at radius 1 is 1.06 bits per heavy atom. The van der Waals surface area contributed by atoms with Crippen molar-refractivity contribution in [2.45, 2.75) is 30.9 Å². The van der Waals surface area contributed by atoms with Crippen molar-refractivity contribution >= 4 is 45.0 Å². The predicted octanol–water partition coefficient (Wildman–Crippen LogP) is 5.59. The zero-order chi connectivity index (χ0) is 25.4. The third-order valence-corrected chi connectivity index (χ3v) is 8.53. The number of sulfonamides is 1. The molecule has 0 saturated heterocycles. The molecule has 0 fully saturated rings. The molecule has 0 unspecified atom stereocenters. The van der Waals surface area contributed by atoms with E-state index in [-0.39, 0.29) is 17.3 Å². The van der Waals surface area contributed by atoms with E-state index in [1.54, 1.807) is 48.5 Å². The average molecular weight is 535 g/mol. The third kappa shape index (κ3) is 6.99. The van der Waals surface area contributed by atoms with Gasteiger partial charge in [0.25, 0.3) is 10.0 Å². The van der Waals surface area contributed by atoms with Crippen molar-refractivity contribution in [2.75, 3.05) is 23.1 Å². The Bertz CT molecular complexity index is 1250. The number of halogens is 2. The molecule has 3 rings (SSSR count). The minimum Gasteiger partial charge on any atom is -0.354 e. The van der Waals surface area contributed by atoms with Gasteiger partial charge < -0.3 is 5.32 Å². The molecule has 0 aliphatic heterocycles. The highest BCUT2D eigenvalue weighted by Crippen LogP contribution is 2.28. The molecular weight excluding hydrogens is 507 g/mol. The molecule has 3 aromatic rings. The molecule has 0 heterocycles. The van der Waals surface area contributed by atoms with Crippen LogP contribution < -0.4 is 9.62 Å². The molecule has 0 atom stereocenters. The summed E-state index contributed by atoms with van der Waals surface area (Å²) in [6, 6.07) is 18.3. The van der Waals surface area contributed by atoms with Gasteiger partial charge in [-0.25, -0.2) is 12.8 Å². The average Bonchev–Trinajstić information content (AvgIpc) is 2.84. The van der Waals surface area contributed by atoms with E-state index in [4.69, 9.17) is 11.6 Å². The van der Waals surface area contributed by atoms with Crippen LogP contribution in [-0.2, 0) is 27.0 Å². The zero-order valence-corrected chi connectivity index (χ0v) is 22.0. The maximum absolute atomic E-state index is 13.9. The van der Waals surface area contributed by atoms with Gasteiger partial charge in [0.2, 0.25) is 5.91 Å². The zero-order valence-electron chi connectivity index (χ0n) is 19.6. The number of hydrogen-bond acceptors (Lipinski definition) is 4. The molecule has 9 heteroatoms. The highest BCUT2D eigenvalue weighted by molar-refractivity contribution is 7.98. The summed E-state index contributed by atoms with van der Waals surface area (Å²) >= 11 is 7.48. The molecule has 0 radical (unpaired) electrons. The summed E-state index contributed by atoms with van der Waals surface area (Å²) in [5.41, 5.74) is 2.68. The lowest BCUT2D eigenvalue weighted by molar-refractivity contribution is -0.119. The fourth-order valence-electron chi connectivity index (χ4n) is 3.48. The maximum Gasteiger partial charge on any atom is 0.264 e. The van der Waals surface area contributed by atoms with Gasteiger partial charge in [-0.1, -0.05) is 60.5 Å². The molecule has 0 aromatic heterocycles. The molecule has 0 aliphatic carbocycles. The number of carbonyl (C=O) groups excluding carboxylic acids is 1. The molecule has 0 bridgehead atoms. The van der Waals surface area contributed by atoms with E-state index in [9.17, 15) is 17.6 Å². The lowest BCUT2D eigenvalue weighted by atomic mass is 10.1. The summed E-state index contributed by atoms with van der Waals surface area (Å²) in [7, 11) is -3.97. The summed E-state index contributed by atoms with van der Waals surface area (Å²) in [5, 5.41) is 3.14. The van der Waals surface area contributed by atoms with Crippen LogP contribution in [0.15, 0.2) is 71.6 Å². The molecule has 1 amide bonds. The molecule has 35 heavy (non-hydrogen) atoms. The highest BCUT2D eigenvalue weighted by atomic mass is 35.5. The Hall–Kier alpha value is -2.55. The van der Waals surface area contributed by atoms with E-state index < -0.39 is 15.9 Å². The number of rotatable bonds is 11. The summed E-state index contributed by atoms with van der Waals surface area (Å²) < 4.78 is 42.1. The number of nitrogens with zero attached hydrogens (tertiary/aromatic N) is 1. The quantitative estimate of drug-likeness (QED) is 0.325. The molecule has 1 N–H and O–H groups in total. The van der Waals surface area contributed by atoms with Gasteiger partial charge in [0.1, 0.15) is 12.4 Å². The van der Waals surface area contributed by atoms with Gasteiger partial charge in [0.05, 0.1) is 10.6 Å². The lowest BCUT2D eigenvalue weighted by Crippen LogP contribution is -2.41. The first-order valence-corrected chi connectivity index (χ1v) is 14.2. The Balaban J connectivity index is 1.69. The number of thioether (sulfide) groups is 1. The van der Waals surface area contributed by atoms with Crippen molar-refractivity contribution in [3.8, 4) is 0 Å². The number of carbonyl (C=O) groups is 1. The van der Waals surface area contributed by atoms with Crippen LogP contribution in [0, 0.1) is 12.7 Å². The molecule has 0 aliphatic rings. The minimum atomic E-state index is -3.97. The number of aryl methyl sites for hydroxylation is 2. The number of benzene rings is 3. The Labute approximate surface area is 215 Å². The number of anilines is 1. The Kier molecular flexibility index (Phi) is 9.60. The van der Waals surface area contributed by atoms with E-state index in [2.05, 4.69) is 5.32 Å². The van der Waals surface area contributed by atoms with Crippen LogP contribution in [0.2, 0.25) is 5.02 Å². The first kappa shape index (κ1) is 27.0. The van der Waals surface area contributed by atoms with Crippen LogP contribution in [0.1, 0.15) is 23.6 Å². The summed E-state index contributed by atoms with van der Waals surface area (Å²) in [6.07, 6.45) is 0.618. The van der Waals surface area contributed by atoms with E-state index in [0.29, 0.717) is 40.7 Å². The van der Waals surface area contributed by atoms with Gasteiger partial charge in [0, 0.05) is 28.6 Å². The molecule has 3 aromatic carbocycles. The molecule has 0 saturated carbocycles. The third-order valence-electron chi connectivity index (χ3n) is 5.41. The van der Waals surface area contributed by atoms with Crippen LogP contribution in [0.4, 0.5) is 10.1 Å². The van der Waals surface area contributed by atoms with Crippen LogP contribution in [0.3, 0.4) is 0 Å². The van der Waals surface area contributed by atoms with Crippen LogP contribution in [0.5, 0.6) is 0 Å². The number of amides is 1. The van der Waals surface area contributed by atoms with E-state index in [1.165, 1.54) is 17.8 Å². The monoisotopic (exact) mass is 534 g/mol. The highest BCUT2D eigenvalue weighted by Gasteiger charge is 2.28. The minimum absolute atomic E-state index is 0.124.